The minimum atomic E-state index is -0.587. The molecule has 1 aliphatic heterocycles. The molecule has 2 rings (SSSR count). The summed E-state index contributed by atoms with van der Waals surface area (Å²) in [6.07, 6.45) is 0.787. The van der Waals surface area contributed by atoms with Gasteiger partial charge in [-0.05, 0) is 12.5 Å². The first-order valence-corrected chi connectivity index (χ1v) is 7.47. The highest BCUT2D eigenvalue weighted by Gasteiger charge is 2.30. The number of hydrogen-bond acceptors (Lipinski definition) is 4. The summed E-state index contributed by atoms with van der Waals surface area (Å²) in [6.45, 7) is 0.527. The van der Waals surface area contributed by atoms with Crippen LogP contribution in [0.5, 0.6) is 5.75 Å². The van der Waals surface area contributed by atoms with Gasteiger partial charge in [-0.25, -0.2) is 0 Å². The predicted octanol–water partition coefficient (Wildman–Crippen LogP) is 0.0353. The average molecular weight is 319 g/mol. The van der Waals surface area contributed by atoms with Crippen LogP contribution in [0.2, 0.25) is 0 Å². The second kappa shape index (κ2) is 7.62. The molecule has 0 radical (unpaired) electrons. The van der Waals surface area contributed by atoms with Gasteiger partial charge >= 0.3 is 0 Å². The number of benzene rings is 1. The molecule has 1 aromatic rings. The first-order chi connectivity index (χ1) is 11.0. The SMILES string of the molecule is COc1ccccc1CN1C[C@@H](C(=O)NCC(N)=O)CCC1=O. The highest BCUT2D eigenvalue weighted by Crippen LogP contribution is 2.24. The molecule has 0 spiro atoms. The Labute approximate surface area is 134 Å². The summed E-state index contributed by atoms with van der Waals surface area (Å²) in [5.41, 5.74) is 5.91. The molecule has 1 heterocycles. The van der Waals surface area contributed by atoms with E-state index < -0.39 is 5.91 Å². The van der Waals surface area contributed by atoms with Crippen molar-refractivity contribution in [3.63, 3.8) is 0 Å². The van der Waals surface area contributed by atoms with Gasteiger partial charge in [-0.15, -0.1) is 0 Å². The van der Waals surface area contributed by atoms with Gasteiger partial charge in [0.05, 0.1) is 19.6 Å². The number of nitrogens with two attached hydrogens (primary N) is 1. The zero-order valence-electron chi connectivity index (χ0n) is 13.1. The van der Waals surface area contributed by atoms with Crippen molar-refractivity contribution in [1.29, 1.82) is 0 Å². The maximum Gasteiger partial charge on any atom is 0.236 e. The van der Waals surface area contributed by atoms with E-state index in [4.69, 9.17) is 10.5 Å². The van der Waals surface area contributed by atoms with Crippen molar-refractivity contribution in [2.45, 2.75) is 19.4 Å². The molecule has 124 valence electrons. The lowest BCUT2D eigenvalue weighted by molar-refractivity contribution is -0.139. The van der Waals surface area contributed by atoms with Crippen LogP contribution in [0, 0.1) is 5.92 Å². The molecule has 1 fully saturated rings. The number of piperidine rings is 1. The second-order valence-corrected chi connectivity index (χ2v) is 5.51. The largest absolute Gasteiger partial charge is 0.496 e. The van der Waals surface area contributed by atoms with E-state index in [2.05, 4.69) is 5.32 Å². The van der Waals surface area contributed by atoms with Crippen molar-refractivity contribution in [2.75, 3.05) is 20.2 Å². The fourth-order valence-electron chi connectivity index (χ4n) is 2.64. The minimum absolute atomic E-state index is 0.00913. The summed E-state index contributed by atoms with van der Waals surface area (Å²) in [5.74, 6) is -0.449. The zero-order chi connectivity index (χ0) is 16.8. The van der Waals surface area contributed by atoms with E-state index in [-0.39, 0.29) is 24.3 Å². The van der Waals surface area contributed by atoms with Gasteiger partial charge in [0.2, 0.25) is 17.7 Å². The van der Waals surface area contributed by atoms with E-state index in [1.165, 1.54) is 0 Å². The van der Waals surface area contributed by atoms with Crippen LogP contribution >= 0.6 is 0 Å². The first-order valence-electron chi connectivity index (χ1n) is 7.47. The Kier molecular flexibility index (Phi) is 5.56. The number of hydrogen-bond donors (Lipinski definition) is 2. The number of primary amides is 1. The van der Waals surface area contributed by atoms with Gasteiger partial charge < -0.3 is 20.7 Å². The molecule has 1 aromatic carbocycles. The molecule has 0 saturated carbocycles. The van der Waals surface area contributed by atoms with Crippen LogP contribution in [-0.4, -0.2) is 42.8 Å². The standard InChI is InChI=1S/C16H21N3O4/c1-23-13-5-3-2-4-11(13)9-19-10-12(6-7-15(19)21)16(22)18-8-14(17)20/h2-5,12H,6-10H2,1H3,(H2,17,20)(H,18,22)/t12-/m0/s1. The lowest BCUT2D eigenvalue weighted by atomic mass is 9.96. The number of nitrogens with one attached hydrogen (secondary N) is 1. The van der Waals surface area contributed by atoms with Gasteiger partial charge in [0.15, 0.2) is 0 Å². The highest BCUT2D eigenvalue weighted by atomic mass is 16.5. The molecule has 3 N–H and O–H groups in total. The Balaban J connectivity index is 2.02. The maximum atomic E-state index is 12.1. The van der Waals surface area contributed by atoms with E-state index in [0.29, 0.717) is 31.7 Å². The maximum absolute atomic E-state index is 12.1. The third-order valence-corrected chi connectivity index (χ3v) is 3.86. The summed E-state index contributed by atoms with van der Waals surface area (Å²) in [5, 5.41) is 2.50. The van der Waals surface area contributed by atoms with Crippen LogP contribution in [0.4, 0.5) is 0 Å². The molecule has 1 saturated heterocycles. The van der Waals surface area contributed by atoms with Crippen LogP contribution in [-0.2, 0) is 20.9 Å². The van der Waals surface area contributed by atoms with Crippen molar-refractivity contribution in [3.05, 3.63) is 29.8 Å². The van der Waals surface area contributed by atoms with Gasteiger partial charge in [0, 0.05) is 25.1 Å². The summed E-state index contributed by atoms with van der Waals surface area (Å²) in [7, 11) is 1.58. The molecule has 1 aliphatic rings. The highest BCUT2D eigenvalue weighted by molar-refractivity contribution is 5.87. The van der Waals surface area contributed by atoms with Crippen molar-refractivity contribution >= 4 is 17.7 Å². The fraction of sp³-hybridized carbons (Fsp3) is 0.438. The Morgan fingerprint density at radius 1 is 1.39 bits per heavy atom. The van der Waals surface area contributed by atoms with E-state index in [1.807, 2.05) is 24.3 Å². The number of rotatable bonds is 6. The molecule has 23 heavy (non-hydrogen) atoms. The van der Waals surface area contributed by atoms with Crippen molar-refractivity contribution in [2.24, 2.45) is 11.7 Å². The monoisotopic (exact) mass is 319 g/mol. The summed E-state index contributed by atoms with van der Waals surface area (Å²) < 4.78 is 5.29. The van der Waals surface area contributed by atoms with Crippen LogP contribution in [0.15, 0.2) is 24.3 Å². The van der Waals surface area contributed by atoms with E-state index in [0.717, 1.165) is 5.56 Å². The summed E-state index contributed by atoms with van der Waals surface area (Å²) >= 11 is 0. The zero-order valence-corrected chi connectivity index (χ0v) is 13.1. The molecular weight excluding hydrogens is 298 g/mol. The molecule has 0 aliphatic carbocycles. The number of amides is 3. The third kappa shape index (κ3) is 4.45. The van der Waals surface area contributed by atoms with Crippen LogP contribution in [0.1, 0.15) is 18.4 Å². The van der Waals surface area contributed by atoms with E-state index >= 15 is 0 Å². The van der Waals surface area contributed by atoms with Gasteiger partial charge in [-0.3, -0.25) is 14.4 Å². The number of methoxy groups -OCH3 is 1. The Hall–Kier alpha value is -2.57. The first kappa shape index (κ1) is 16.8. The molecule has 7 nitrogen and oxygen atoms in total. The fourth-order valence-corrected chi connectivity index (χ4v) is 2.64. The topological polar surface area (TPSA) is 102 Å². The Bertz CT molecular complexity index is 603. The summed E-state index contributed by atoms with van der Waals surface area (Å²) in [6, 6.07) is 7.47. The number of para-hydroxylation sites is 1. The molecule has 0 bridgehead atoms. The average Bonchev–Trinajstić information content (AvgIpc) is 2.55. The van der Waals surface area contributed by atoms with Gasteiger partial charge in [0.25, 0.3) is 0 Å². The molecule has 0 aromatic heterocycles. The number of ether oxygens (including phenoxy) is 1. The molecule has 3 amide bonds. The van der Waals surface area contributed by atoms with Crippen molar-refractivity contribution in [1.82, 2.24) is 10.2 Å². The Morgan fingerprint density at radius 2 is 2.13 bits per heavy atom. The lowest BCUT2D eigenvalue weighted by Gasteiger charge is -2.32. The lowest BCUT2D eigenvalue weighted by Crippen LogP contribution is -2.46. The summed E-state index contributed by atoms with van der Waals surface area (Å²) in [4.78, 5) is 36.6. The number of carbonyl (C=O) groups is 3. The Morgan fingerprint density at radius 3 is 2.83 bits per heavy atom. The molecular formula is C16H21N3O4. The van der Waals surface area contributed by atoms with Gasteiger partial charge in [0.1, 0.15) is 5.75 Å². The van der Waals surface area contributed by atoms with Crippen LogP contribution in [0.25, 0.3) is 0 Å². The molecule has 0 unspecified atom stereocenters. The van der Waals surface area contributed by atoms with Crippen molar-refractivity contribution in [3.8, 4) is 5.75 Å². The molecule has 1 atom stereocenters. The van der Waals surface area contributed by atoms with E-state index in [1.54, 1.807) is 12.0 Å². The van der Waals surface area contributed by atoms with E-state index in [9.17, 15) is 14.4 Å². The number of likely N-dealkylation sites (tertiary alicyclic amines) is 1. The third-order valence-electron chi connectivity index (χ3n) is 3.86. The van der Waals surface area contributed by atoms with Crippen LogP contribution < -0.4 is 15.8 Å². The quantitative estimate of drug-likeness (QED) is 0.772. The molecule has 7 heteroatoms. The predicted molar refractivity (Wildman–Crippen MR) is 83.3 cm³/mol. The van der Waals surface area contributed by atoms with Gasteiger partial charge in [-0.2, -0.15) is 0 Å². The van der Waals surface area contributed by atoms with Gasteiger partial charge in [-0.1, -0.05) is 18.2 Å². The number of carbonyl (C=O) groups excluding carboxylic acids is 3. The smallest absolute Gasteiger partial charge is 0.236 e. The second-order valence-electron chi connectivity index (χ2n) is 5.51. The van der Waals surface area contributed by atoms with Crippen LogP contribution in [0.3, 0.4) is 0 Å². The normalized spacial score (nSPS) is 17.7. The minimum Gasteiger partial charge on any atom is -0.496 e. The van der Waals surface area contributed by atoms with Crippen molar-refractivity contribution < 1.29 is 19.1 Å². The number of nitrogens with zero attached hydrogens (tertiary/aromatic N) is 1.